The molecule has 2 atom stereocenters. The van der Waals surface area contributed by atoms with Crippen molar-refractivity contribution in [1.82, 2.24) is 9.47 Å². The molecule has 12 heteroatoms. The molecule has 3 fully saturated rings. The highest BCUT2D eigenvalue weighted by atomic mass is 32.2. The summed E-state index contributed by atoms with van der Waals surface area (Å²) in [4.78, 5) is 2.79. The summed E-state index contributed by atoms with van der Waals surface area (Å²) in [6.07, 6.45) is 0.814. The van der Waals surface area contributed by atoms with Gasteiger partial charge in [-0.3, -0.25) is 4.90 Å². The first-order chi connectivity index (χ1) is 21.8. The van der Waals surface area contributed by atoms with E-state index in [1.54, 1.807) is 24.3 Å². The minimum absolute atomic E-state index is 0.111. The first-order valence-electron chi connectivity index (χ1n) is 15.7. The summed E-state index contributed by atoms with van der Waals surface area (Å²) < 4.78 is 77.1. The number of ether oxygens (including phenoxy) is 2. The maximum Gasteiger partial charge on any atom is 0.406 e. The number of alkyl halides is 3. The lowest BCUT2D eigenvalue weighted by atomic mass is 9.79. The Kier molecular flexibility index (Phi) is 8.95. The molecule has 3 heterocycles. The molecule has 2 N–H and O–H groups in total. The van der Waals surface area contributed by atoms with E-state index in [2.05, 4.69) is 34.3 Å². The van der Waals surface area contributed by atoms with E-state index < -0.39 is 22.6 Å². The summed E-state index contributed by atoms with van der Waals surface area (Å²) >= 11 is 0. The molecule has 0 amide bonds. The number of anilines is 2. The average molecular weight is 659 g/mol. The number of hydrogen-bond donors (Lipinski definition) is 2. The van der Waals surface area contributed by atoms with Gasteiger partial charge in [-0.15, -0.1) is 0 Å². The predicted molar refractivity (Wildman–Crippen MR) is 173 cm³/mol. The average Bonchev–Trinajstić information content (AvgIpc) is 3.71. The van der Waals surface area contributed by atoms with E-state index in [1.165, 1.54) is 23.8 Å². The molecule has 1 aromatic heterocycles. The molecular weight excluding hydrogens is 617 g/mol. The standard InChI is InChI=1S/C34H41F3N4O4S/c1-33(40-18-23-20-45-21-24(23)19-40)13-11-25(12-14-33)39-29-7-4-8-31-28(29)16-26(41(31)22-34(35,36)37)6-5-15-38-30-10-9-27(46(3,42)43)17-32(30)44-2/h4,7-10,16-17,23-25,38-39H,11-15,18-22H2,1-3H3. The molecule has 1 aliphatic carbocycles. The van der Waals surface area contributed by atoms with Gasteiger partial charge in [-0.2, -0.15) is 13.2 Å². The smallest absolute Gasteiger partial charge is 0.406 e. The molecule has 3 aromatic rings. The number of methoxy groups -OCH3 is 1. The summed E-state index contributed by atoms with van der Waals surface area (Å²) in [6.45, 7) is 5.30. The van der Waals surface area contributed by atoms with Gasteiger partial charge in [0, 0.05) is 59.9 Å². The van der Waals surface area contributed by atoms with Crippen LogP contribution >= 0.6 is 0 Å². The number of nitrogens with one attached hydrogen (secondary N) is 2. The van der Waals surface area contributed by atoms with E-state index in [9.17, 15) is 21.6 Å². The molecule has 6 rings (SSSR count). The van der Waals surface area contributed by atoms with Crippen molar-refractivity contribution in [2.75, 3.05) is 56.8 Å². The van der Waals surface area contributed by atoms with Crippen LogP contribution in [0.1, 0.15) is 38.3 Å². The molecule has 2 aliphatic heterocycles. The van der Waals surface area contributed by atoms with Crippen LogP contribution in [0.15, 0.2) is 47.4 Å². The molecule has 2 saturated heterocycles. The second kappa shape index (κ2) is 12.7. The van der Waals surface area contributed by atoms with Crippen LogP contribution in [0.4, 0.5) is 24.5 Å². The Balaban J connectivity index is 1.17. The third-order valence-electron chi connectivity index (χ3n) is 9.89. The van der Waals surface area contributed by atoms with Crippen molar-refractivity contribution >= 4 is 32.1 Å². The first-order valence-corrected chi connectivity index (χ1v) is 17.6. The van der Waals surface area contributed by atoms with Gasteiger partial charge in [-0.25, -0.2) is 8.42 Å². The molecule has 2 aromatic carbocycles. The van der Waals surface area contributed by atoms with Crippen molar-refractivity contribution in [2.24, 2.45) is 11.8 Å². The van der Waals surface area contributed by atoms with Gasteiger partial charge in [-0.05, 0) is 68.9 Å². The van der Waals surface area contributed by atoms with Gasteiger partial charge in [0.2, 0.25) is 0 Å². The fourth-order valence-electron chi connectivity index (χ4n) is 7.23. The number of likely N-dealkylation sites (tertiary alicyclic amines) is 1. The third kappa shape index (κ3) is 6.97. The molecule has 2 unspecified atom stereocenters. The quantitative estimate of drug-likeness (QED) is 0.298. The van der Waals surface area contributed by atoms with Gasteiger partial charge >= 0.3 is 6.18 Å². The fraction of sp³-hybridized carbons (Fsp3) is 0.529. The lowest BCUT2D eigenvalue weighted by Gasteiger charge is -2.45. The van der Waals surface area contributed by atoms with Crippen molar-refractivity contribution < 1.29 is 31.1 Å². The first kappa shape index (κ1) is 32.5. The largest absolute Gasteiger partial charge is 0.495 e. The number of aromatic nitrogens is 1. The number of sulfone groups is 1. The minimum Gasteiger partial charge on any atom is -0.495 e. The normalized spacial score (nSPS) is 25.2. The Morgan fingerprint density at radius 2 is 1.78 bits per heavy atom. The second-order valence-corrected chi connectivity index (χ2v) is 15.2. The highest BCUT2D eigenvalue weighted by Crippen LogP contribution is 2.41. The number of fused-ring (bicyclic) bond motifs is 2. The third-order valence-corrected chi connectivity index (χ3v) is 11.0. The zero-order valence-electron chi connectivity index (χ0n) is 26.4. The molecule has 0 spiro atoms. The van der Waals surface area contributed by atoms with Crippen LogP contribution in [0.25, 0.3) is 10.9 Å². The lowest BCUT2D eigenvalue weighted by molar-refractivity contribution is -0.140. The molecule has 8 nitrogen and oxygen atoms in total. The fourth-order valence-corrected chi connectivity index (χ4v) is 7.87. The van der Waals surface area contributed by atoms with E-state index in [1.807, 2.05) is 6.07 Å². The van der Waals surface area contributed by atoms with Crippen LogP contribution in [0, 0.1) is 23.7 Å². The predicted octanol–water partition coefficient (Wildman–Crippen LogP) is 5.77. The van der Waals surface area contributed by atoms with Crippen LogP contribution in [0.3, 0.4) is 0 Å². The van der Waals surface area contributed by atoms with Gasteiger partial charge in [0.25, 0.3) is 0 Å². The number of hydrogen-bond acceptors (Lipinski definition) is 7. The van der Waals surface area contributed by atoms with Crippen molar-refractivity contribution in [3.63, 3.8) is 0 Å². The van der Waals surface area contributed by atoms with E-state index in [-0.39, 0.29) is 28.7 Å². The van der Waals surface area contributed by atoms with E-state index in [0.717, 1.165) is 63.9 Å². The summed E-state index contributed by atoms with van der Waals surface area (Å²) in [5.74, 6) is 7.48. The Labute approximate surface area is 268 Å². The molecular formula is C34H41F3N4O4S. The Morgan fingerprint density at radius 3 is 2.43 bits per heavy atom. The SMILES string of the molecule is COc1cc(S(C)(=O)=O)ccc1NCC#Cc1cc2c(NC3CCC(C)(N4CC5COCC5C4)CC3)cccc2n1CC(F)(F)F. The second-order valence-electron chi connectivity index (χ2n) is 13.1. The Hall–Kier alpha value is -3.40. The van der Waals surface area contributed by atoms with Crippen molar-refractivity contribution in [3.05, 3.63) is 48.2 Å². The van der Waals surface area contributed by atoms with Gasteiger partial charge in [0.15, 0.2) is 9.84 Å². The van der Waals surface area contributed by atoms with Crippen molar-refractivity contribution in [1.29, 1.82) is 0 Å². The summed E-state index contributed by atoms with van der Waals surface area (Å²) in [5.41, 5.74) is 2.25. The van der Waals surface area contributed by atoms with Crippen LogP contribution in [-0.2, 0) is 21.1 Å². The molecule has 1 saturated carbocycles. The minimum atomic E-state index is -4.42. The maximum absolute atomic E-state index is 13.7. The van der Waals surface area contributed by atoms with Crippen LogP contribution in [0.2, 0.25) is 0 Å². The van der Waals surface area contributed by atoms with E-state index in [0.29, 0.717) is 34.2 Å². The number of nitrogens with zero attached hydrogens (tertiary/aromatic N) is 2. The Morgan fingerprint density at radius 1 is 1.07 bits per heavy atom. The number of benzene rings is 2. The van der Waals surface area contributed by atoms with Crippen LogP contribution < -0.4 is 15.4 Å². The highest BCUT2D eigenvalue weighted by Gasteiger charge is 2.45. The van der Waals surface area contributed by atoms with E-state index in [4.69, 9.17) is 9.47 Å². The molecule has 3 aliphatic rings. The topological polar surface area (TPSA) is 84.8 Å². The van der Waals surface area contributed by atoms with Crippen LogP contribution in [-0.4, -0.2) is 81.9 Å². The van der Waals surface area contributed by atoms with Crippen molar-refractivity contribution in [2.45, 2.75) is 61.8 Å². The summed E-state index contributed by atoms with van der Waals surface area (Å²) in [7, 11) is -1.98. The zero-order valence-corrected chi connectivity index (χ0v) is 27.2. The molecule has 0 bridgehead atoms. The van der Waals surface area contributed by atoms with E-state index >= 15 is 0 Å². The molecule has 248 valence electrons. The highest BCUT2D eigenvalue weighted by molar-refractivity contribution is 7.90. The lowest BCUT2D eigenvalue weighted by Crippen LogP contribution is -2.49. The van der Waals surface area contributed by atoms with Crippen LogP contribution in [0.5, 0.6) is 5.75 Å². The van der Waals surface area contributed by atoms with Gasteiger partial charge < -0.3 is 24.7 Å². The molecule has 0 radical (unpaired) electrons. The molecule has 46 heavy (non-hydrogen) atoms. The maximum atomic E-state index is 13.7. The van der Waals surface area contributed by atoms with Gasteiger partial charge in [0.05, 0.1) is 48.7 Å². The zero-order chi connectivity index (χ0) is 32.7. The number of halogens is 3. The van der Waals surface area contributed by atoms with Gasteiger partial charge in [-0.1, -0.05) is 12.0 Å². The monoisotopic (exact) mass is 658 g/mol. The number of rotatable bonds is 8. The Bertz CT molecular complexity index is 1740. The summed E-state index contributed by atoms with van der Waals surface area (Å²) in [5, 5.41) is 7.44. The van der Waals surface area contributed by atoms with Crippen molar-refractivity contribution in [3.8, 4) is 17.6 Å². The summed E-state index contributed by atoms with van der Waals surface area (Å²) in [6, 6.07) is 11.8. The van der Waals surface area contributed by atoms with Gasteiger partial charge in [0.1, 0.15) is 12.3 Å².